The second-order valence-electron chi connectivity index (χ2n) is 17.9. The third kappa shape index (κ3) is 7.02. The van der Waals surface area contributed by atoms with Gasteiger partial charge in [0.1, 0.15) is 0 Å². The predicted octanol–water partition coefficient (Wildman–Crippen LogP) is 13.7. The Balaban J connectivity index is 0.954. The van der Waals surface area contributed by atoms with Crippen LogP contribution in [0.4, 0.5) is 0 Å². The molecule has 0 bridgehead atoms. The van der Waals surface area contributed by atoms with Gasteiger partial charge < -0.3 is 26.5 Å². The van der Waals surface area contributed by atoms with Crippen LogP contribution < -0.4 is 0 Å². The summed E-state index contributed by atoms with van der Waals surface area (Å²) in [5.74, 6) is 7.14. The molecule has 4 fully saturated rings. The molecule has 0 saturated heterocycles. The van der Waals surface area contributed by atoms with E-state index in [1.54, 1.807) is 0 Å². The first-order valence-electron chi connectivity index (χ1n) is 20.8. The van der Waals surface area contributed by atoms with E-state index in [-0.39, 0.29) is 0 Å². The van der Waals surface area contributed by atoms with E-state index in [1.807, 2.05) is 75.2 Å². The van der Waals surface area contributed by atoms with E-state index in [0.29, 0.717) is 71.0 Å². The molecule has 4 aliphatic carbocycles. The van der Waals surface area contributed by atoms with Crippen LogP contribution >= 0.6 is 0 Å². The fourth-order valence-corrected chi connectivity index (χ4v) is 12.5. The molecule has 0 amide bonds. The second-order valence-corrected chi connectivity index (χ2v) is 17.9. The van der Waals surface area contributed by atoms with Crippen molar-refractivity contribution in [3.05, 3.63) is 145 Å². The second kappa shape index (κ2) is 15.1. The summed E-state index contributed by atoms with van der Waals surface area (Å²) in [4.78, 5) is 0. The molecule has 0 aromatic carbocycles. The highest BCUT2D eigenvalue weighted by atomic mass is 16.3. The molecule has 6 nitrogen and oxygen atoms in total. The summed E-state index contributed by atoms with van der Waals surface area (Å²) in [6.45, 7) is 0. The normalized spacial score (nSPS) is 34.9. The van der Waals surface area contributed by atoms with Gasteiger partial charge in [0.15, 0.2) is 0 Å². The zero-order valence-corrected chi connectivity index (χ0v) is 31.3. The summed E-state index contributed by atoms with van der Waals surface area (Å²) in [6, 6.07) is 13.3. The van der Waals surface area contributed by atoms with Crippen molar-refractivity contribution in [2.45, 2.75) is 113 Å². The van der Waals surface area contributed by atoms with Crippen LogP contribution in [-0.4, -0.2) is 0 Å². The molecule has 0 aliphatic heterocycles. The summed E-state index contributed by atoms with van der Waals surface area (Å²) in [5.41, 5.74) is 8.24. The molecule has 4 aliphatic rings. The van der Waals surface area contributed by atoms with Crippen LogP contribution in [0.1, 0.15) is 146 Å². The van der Waals surface area contributed by atoms with E-state index in [0.717, 1.165) is 12.8 Å². The van der Waals surface area contributed by atoms with Crippen molar-refractivity contribution >= 4 is 0 Å². The molecule has 10 rings (SSSR count). The minimum absolute atomic E-state index is 0.511. The van der Waals surface area contributed by atoms with Crippen LogP contribution in [0.5, 0.6) is 0 Å². The number of furan rings is 6. The van der Waals surface area contributed by atoms with Crippen LogP contribution in [-0.2, 0) is 0 Å². The summed E-state index contributed by atoms with van der Waals surface area (Å²) in [7, 11) is 0. The topological polar surface area (TPSA) is 78.8 Å². The highest BCUT2D eigenvalue weighted by molar-refractivity contribution is 5.24. The van der Waals surface area contributed by atoms with Gasteiger partial charge in [0, 0.05) is 0 Å². The molecule has 10 unspecified atom stereocenters. The lowest BCUT2D eigenvalue weighted by Crippen LogP contribution is -2.38. The van der Waals surface area contributed by atoms with Gasteiger partial charge in [0.2, 0.25) is 0 Å². The molecular formula is C48H54O6. The Morgan fingerprint density at radius 3 is 0.611 bits per heavy atom. The molecule has 4 saturated carbocycles. The number of hydrogen-bond donors (Lipinski definition) is 0. The molecule has 6 aromatic rings. The van der Waals surface area contributed by atoms with Gasteiger partial charge in [0.25, 0.3) is 0 Å². The summed E-state index contributed by atoms with van der Waals surface area (Å²) >= 11 is 0. The van der Waals surface area contributed by atoms with Gasteiger partial charge in [-0.05, 0) is 218 Å². The van der Waals surface area contributed by atoms with Gasteiger partial charge in [-0.25, -0.2) is 0 Å². The zero-order valence-electron chi connectivity index (χ0n) is 31.3. The summed E-state index contributed by atoms with van der Waals surface area (Å²) in [6.07, 6.45) is 38.2. The molecular weight excluding hydrogens is 673 g/mol. The van der Waals surface area contributed by atoms with Crippen molar-refractivity contribution in [1.29, 1.82) is 0 Å². The van der Waals surface area contributed by atoms with Crippen LogP contribution in [0, 0.1) is 35.5 Å². The third-order valence-corrected chi connectivity index (χ3v) is 15.1. The van der Waals surface area contributed by atoms with Crippen molar-refractivity contribution in [3.8, 4) is 0 Å². The van der Waals surface area contributed by atoms with Crippen molar-refractivity contribution < 1.29 is 26.5 Å². The third-order valence-electron chi connectivity index (χ3n) is 15.1. The van der Waals surface area contributed by atoms with Crippen molar-refractivity contribution in [3.63, 3.8) is 0 Å². The number of hydrogen-bond acceptors (Lipinski definition) is 6. The highest BCUT2D eigenvalue weighted by Gasteiger charge is 2.46. The first-order chi connectivity index (χ1) is 26.7. The molecule has 6 heterocycles. The molecule has 0 radical (unpaired) electrons. The first-order valence-corrected chi connectivity index (χ1v) is 20.8. The fourth-order valence-electron chi connectivity index (χ4n) is 12.5. The van der Waals surface area contributed by atoms with Crippen molar-refractivity contribution in [2.75, 3.05) is 0 Å². The largest absolute Gasteiger partial charge is 0.472 e. The van der Waals surface area contributed by atoms with Gasteiger partial charge in [-0.3, -0.25) is 0 Å². The molecule has 0 N–H and O–H groups in total. The van der Waals surface area contributed by atoms with Gasteiger partial charge in [0.05, 0.1) is 75.2 Å². The Hall–Kier alpha value is -4.32. The Labute approximate surface area is 318 Å². The van der Waals surface area contributed by atoms with Crippen molar-refractivity contribution in [1.82, 2.24) is 0 Å². The smallest absolute Gasteiger partial charge is 0.0937 e. The van der Waals surface area contributed by atoms with Gasteiger partial charge in [-0.2, -0.15) is 0 Å². The standard InChI is InChI=1S/C48H54O6/c1-7-49-25-31(1)37-13-38(32-2-8-50-26-32)16-43(15-37)45-19-41(35-5-11-53-29-35)21-47(23-45)48-22-42(36-6-12-54-30-36)20-46(24-48)44-17-39(33-3-9-51-27-33)14-40(18-44)34-4-10-52-28-34/h1-12,25-30,37-48H,13-24H2. The molecule has 10 atom stereocenters. The molecule has 0 spiro atoms. The van der Waals surface area contributed by atoms with Gasteiger partial charge in [-0.15, -0.1) is 0 Å². The van der Waals surface area contributed by atoms with Crippen molar-refractivity contribution in [2.24, 2.45) is 35.5 Å². The molecule has 6 aromatic heterocycles. The van der Waals surface area contributed by atoms with E-state index in [2.05, 4.69) is 36.4 Å². The number of rotatable bonds is 9. The lowest BCUT2D eigenvalue weighted by Gasteiger charge is -2.49. The fraction of sp³-hybridized carbons (Fsp3) is 0.500. The van der Waals surface area contributed by atoms with Crippen LogP contribution in [0.25, 0.3) is 0 Å². The Kier molecular flexibility index (Phi) is 9.54. The monoisotopic (exact) mass is 726 g/mol. The van der Waals surface area contributed by atoms with E-state index >= 15 is 0 Å². The van der Waals surface area contributed by atoms with E-state index in [4.69, 9.17) is 26.5 Å². The highest BCUT2D eigenvalue weighted by Crippen LogP contribution is 2.58. The Morgan fingerprint density at radius 2 is 0.426 bits per heavy atom. The van der Waals surface area contributed by atoms with E-state index < -0.39 is 0 Å². The summed E-state index contributed by atoms with van der Waals surface area (Å²) < 4.78 is 34.1. The maximum atomic E-state index is 5.76. The maximum Gasteiger partial charge on any atom is 0.0937 e. The minimum atomic E-state index is 0.511. The first kappa shape index (κ1) is 34.2. The van der Waals surface area contributed by atoms with Gasteiger partial charge >= 0.3 is 0 Å². The Morgan fingerprint density at radius 1 is 0.241 bits per heavy atom. The predicted molar refractivity (Wildman–Crippen MR) is 205 cm³/mol. The van der Waals surface area contributed by atoms with E-state index in [9.17, 15) is 0 Å². The SMILES string of the molecule is c1cc(C2CC(c3ccoc3)CC(C3CC(c4ccoc4)CC(C4CC(c5ccoc5)CC(C5CC(c6ccoc6)CC(c6ccoc6)C5)C4)C3)C2)co1. The average molecular weight is 727 g/mol. The maximum absolute atomic E-state index is 5.76. The summed E-state index contributed by atoms with van der Waals surface area (Å²) in [5, 5.41) is 0. The quantitative estimate of drug-likeness (QED) is 0.148. The van der Waals surface area contributed by atoms with Gasteiger partial charge in [-0.1, -0.05) is 0 Å². The van der Waals surface area contributed by atoms with Crippen LogP contribution in [0.15, 0.2) is 138 Å². The lowest BCUT2D eigenvalue weighted by atomic mass is 9.56. The zero-order chi connectivity index (χ0) is 35.8. The minimum Gasteiger partial charge on any atom is -0.472 e. The van der Waals surface area contributed by atoms with Crippen LogP contribution in [0.3, 0.4) is 0 Å². The Bertz CT molecular complexity index is 1720. The lowest BCUT2D eigenvalue weighted by molar-refractivity contribution is 0.0532. The van der Waals surface area contributed by atoms with Crippen LogP contribution in [0.2, 0.25) is 0 Å². The molecule has 282 valence electrons. The van der Waals surface area contributed by atoms with E-state index in [1.165, 1.54) is 97.6 Å². The molecule has 6 heteroatoms. The average Bonchev–Trinajstić information content (AvgIpc) is 4.09. The molecule has 54 heavy (non-hydrogen) atoms.